The number of hydrogen-bond donors (Lipinski definition) is 1. The molecule has 1 aromatic carbocycles. The van der Waals surface area contributed by atoms with Crippen molar-refractivity contribution in [3.05, 3.63) is 36.7 Å². The van der Waals surface area contributed by atoms with Crippen LogP contribution in [-0.4, -0.2) is 17.1 Å². The summed E-state index contributed by atoms with van der Waals surface area (Å²) in [4.78, 5) is 9.22. The largest absolute Gasteiger partial charge is 0.497 e. The number of aromatic nitrogens is 2. The van der Waals surface area contributed by atoms with E-state index < -0.39 is 0 Å². The SMILES string of the molecule is COc1cc(N)cc(Sc2ncccn2)c1. The third-order valence-corrected chi connectivity index (χ3v) is 2.75. The number of rotatable bonds is 3. The third kappa shape index (κ3) is 2.64. The van der Waals surface area contributed by atoms with Crippen LogP contribution in [0.4, 0.5) is 5.69 Å². The number of benzene rings is 1. The first kappa shape index (κ1) is 10.8. The number of ether oxygens (including phenoxy) is 1. The smallest absolute Gasteiger partial charge is 0.192 e. The zero-order valence-electron chi connectivity index (χ0n) is 8.75. The summed E-state index contributed by atoms with van der Waals surface area (Å²) in [7, 11) is 1.61. The van der Waals surface area contributed by atoms with E-state index in [4.69, 9.17) is 10.5 Å². The van der Waals surface area contributed by atoms with Crippen LogP contribution in [0.3, 0.4) is 0 Å². The van der Waals surface area contributed by atoms with Crippen molar-refractivity contribution in [2.24, 2.45) is 0 Å². The van der Waals surface area contributed by atoms with Gasteiger partial charge in [-0.25, -0.2) is 9.97 Å². The summed E-state index contributed by atoms with van der Waals surface area (Å²) in [5.74, 6) is 0.735. The first-order chi connectivity index (χ1) is 7.78. The van der Waals surface area contributed by atoms with Crippen LogP contribution in [0.1, 0.15) is 0 Å². The quantitative estimate of drug-likeness (QED) is 0.650. The van der Waals surface area contributed by atoms with E-state index in [0.717, 1.165) is 10.6 Å². The average molecular weight is 233 g/mol. The molecule has 0 saturated carbocycles. The summed E-state index contributed by atoms with van der Waals surface area (Å²) in [6, 6.07) is 7.32. The topological polar surface area (TPSA) is 61.0 Å². The highest BCUT2D eigenvalue weighted by atomic mass is 32.2. The molecule has 0 aliphatic rings. The number of nitrogen functional groups attached to an aromatic ring is 1. The van der Waals surface area contributed by atoms with Gasteiger partial charge in [-0.2, -0.15) is 0 Å². The van der Waals surface area contributed by atoms with Crippen LogP contribution in [0, 0.1) is 0 Å². The van der Waals surface area contributed by atoms with E-state index >= 15 is 0 Å². The summed E-state index contributed by atoms with van der Waals surface area (Å²) in [6.07, 6.45) is 3.41. The number of methoxy groups -OCH3 is 1. The molecule has 2 aromatic rings. The number of nitrogens with zero attached hydrogens (tertiary/aromatic N) is 2. The molecule has 0 saturated heterocycles. The van der Waals surface area contributed by atoms with E-state index in [1.807, 2.05) is 12.1 Å². The molecule has 4 nitrogen and oxygen atoms in total. The summed E-state index contributed by atoms with van der Waals surface area (Å²) < 4.78 is 5.14. The van der Waals surface area contributed by atoms with Crippen molar-refractivity contribution in [2.75, 3.05) is 12.8 Å². The molecule has 1 heterocycles. The van der Waals surface area contributed by atoms with Gasteiger partial charge in [-0.1, -0.05) is 0 Å². The molecule has 2 rings (SSSR count). The van der Waals surface area contributed by atoms with Gasteiger partial charge < -0.3 is 10.5 Å². The van der Waals surface area contributed by atoms with Crippen molar-refractivity contribution in [3.63, 3.8) is 0 Å². The zero-order valence-corrected chi connectivity index (χ0v) is 9.57. The Kier molecular flexibility index (Phi) is 3.26. The predicted molar refractivity (Wildman–Crippen MR) is 63.6 cm³/mol. The fraction of sp³-hybridized carbons (Fsp3) is 0.0909. The molecule has 0 bridgehead atoms. The molecule has 0 atom stereocenters. The monoisotopic (exact) mass is 233 g/mol. The molecule has 82 valence electrons. The Balaban J connectivity index is 2.24. The summed E-state index contributed by atoms with van der Waals surface area (Å²) >= 11 is 1.45. The lowest BCUT2D eigenvalue weighted by molar-refractivity contribution is 0.414. The third-order valence-electron chi connectivity index (χ3n) is 1.89. The lowest BCUT2D eigenvalue weighted by Crippen LogP contribution is -1.90. The van der Waals surface area contributed by atoms with E-state index in [-0.39, 0.29) is 0 Å². The molecule has 0 amide bonds. The molecule has 0 radical (unpaired) electrons. The Morgan fingerprint density at radius 1 is 1.19 bits per heavy atom. The molecule has 16 heavy (non-hydrogen) atoms. The van der Waals surface area contributed by atoms with Gasteiger partial charge in [-0.3, -0.25) is 0 Å². The van der Waals surface area contributed by atoms with Crippen LogP contribution in [0.5, 0.6) is 5.75 Å². The lowest BCUT2D eigenvalue weighted by atomic mass is 10.3. The second-order valence-electron chi connectivity index (χ2n) is 3.08. The van der Waals surface area contributed by atoms with Crippen molar-refractivity contribution in [3.8, 4) is 5.75 Å². The first-order valence-electron chi connectivity index (χ1n) is 4.67. The van der Waals surface area contributed by atoms with E-state index in [0.29, 0.717) is 10.8 Å². The first-order valence-corrected chi connectivity index (χ1v) is 5.49. The van der Waals surface area contributed by atoms with Gasteiger partial charge in [0.25, 0.3) is 0 Å². The Morgan fingerprint density at radius 2 is 1.94 bits per heavy atom. The van der Waals surface area contributed by atoms with Gasteiger partial charge in [0.15, 0.2) is 5.16 Å². The van der Waals surface area contributed by atoms with E-state index in [9.17, 15) is 0 Å². The molecular weight excluding hydrogens is 222 g/mol. The molecule has 0 unspecified atom stereocenters. The lowest BCUT2D eigenvalue weighted by Gasteiger charge is -2.05. The average Bonchev–Trinajstić information content (AvgIpc) is 2.29. The zero-order chi connectivity index (χ0) is 11.4. The van der Waals surface area contributed by atoms with Crippen molar-refractivity contribution in [2.45, 2.75) is 10.1 Å². The van der Waals surface area contributed by atoms with Crippen LogP contribution >= 0.6 is 11.8 Å². The summed E-state index contributed by atoms with van der Waals surface area (Å²) in [5, 5.41) is 0.690. The predicted octanol–water partition coefficient (Wildman–Crippen LogP) is 2.22. The fourth-order valence-corrected chi connectivity index (χ4v) is 2.02. The van der Waals surface area contributed by atoms with Gasteiger partial charge in [-0.15, -0.1) is 0 Å². The van der Waals surface area contributed by atoms with E-state index in [1.54, 1.807) is 31.6 Å². The Morgan fingerprint density at radius 3 is 2.62 bits per heavy atom. The highest BCUT2D eigenvalue weighted by Crippen LogP contribution is 2.29. The van der Waals surface area contributed by atoms with E-state index in [2.05, 4.69) is 9.97 Å². The maximum Gasteiger partial charge on any atom is 0.192 e. The van der Waals surface area contributed by atoms with Gasteiger partial charge in [-0.05, 0) is 30.0 Å². The van der Waals surface area contributed by atoms with Gasteiger partial charge in [0.1, 0.15) is 5.75 Å². The molecule has 2 N–H and O–H groups in total. The second kappa shape index (κ2) is 4.85. The van der Waals surface area contributed by atoms with Gasteiger partial charge >= 0.3 is 0 Å². The number of nitrogens with two attached hydrogens (primary N) is 1. The highest BCUT2D eigenvalue weighted by molar-refractivity contribution is 7.99. The number of anilines is 1. The Labute approximate surface area is 97.9 Å². The maximum atomic E-state index is 5.75. The van der Waals surface area contributed by atoms with Crippen LogP contribution in [0.25, 0.3) is 0 Å². The minimum absolute atomic E-state index is 0.665. The molecule has 0 aliphatic carbocycles. The van der Waals surface area contributed by atoms with Crippen molar-refractivity contribution in [1.29, 1.82) is 0 Å². The van der Waals surface area contributed by atoms with Crippen LogP contribution in [0.15, 0.2) is 46.7 Å². The molecule has 0 spiro atoms. The van der Waals surface area contributed by atoms with Crippen molar-refractivity contribution >= 4 is 17.4 Å². The van der Waals surface area contributed by atoms with Crippen molar-refractivity contribution in [1.82, 2.24) is 9.97 Å². The fourth-order valence-electron chi connectivity index (χ4n) is 1.21. The standard InChI is InChI=1S/C11H11N3OS/c1-15-9-5-8(12)6-10(7-9)16-11-13-3-2-4-14-11/h2-7H,12H2,1H3. The minimum atomic E-state index is 0.665. The Hall–Kier alpha value is -1.75. The van der Waals surface area contributed by atoms with Crippen molar-refractivity contribution < 1.29 is 4.74 Å². The minimum Gasteiger partial charge on any atom is -0.497 e. The number of hydrogen-bond acceptors (Lipinski definition) is 5. The summed E-state index contributed by atoms with van der Waals surface area (Å²) in [6.45, 7) is 0. The highest BCUT2D eigenvalue weighted by Gasteiger charge is 2.03. The van der Waals surface area contributed by atoms with Crippen LogP contribution in [-0.2, 0) is 0 Å². The molecule has 0 fully saturated rings. The second-order valence-corrected chi connectivity index (χ2v) is 4.12. The molecule has 1 aromatic heterocycles. The molecule has 5 heteroatoms. The van der Waals surface area contributed by atoms with Gasteiger partial charge in [0.05, 0.1) is 7.11 Å². The van der Waals surface area contributed by atoms with Crippen LogP contribution in [0.2, 0.25) is 0 Å². The normalized spacial score (nSPS) is 10.1. The molecule has 0 aliphatic heterocycles. The van der Waals surface area contributed by atoms with Crippen LogP contribution < -0.4 is 10.5 Å². The van der Waals surface area contributed by atoms with E-state index in [1.165, 1.54) is 11.8 Å². The molecular formula is C11H11N3OS. The van der Waals surface area contributed by atoms with Gasteiger partial charge in [0.2, 0.25) is 0 Å². The van der Waals surface area contributed by atoms with Gasteiger partial charge in [0, 0.05) is 29.0 Å². The maximum absolute atomic E-state index is 5.75. The Bertz CT molecular complexity index is 476. The summed E-state index contributed by atoms with van der Waals surface area (Å²) in [5.41, 5.74) is 6.42.